The molecule has 2 fully saturated rings. The molecule has 4 nitrogen and oxygen atoms in total. The number of guanidine groups is 1. The topological polar surface area (TPSA) is 44.9 Å². The average Bonchev–Trinajstić information content (AvgIpc) is 2.61. The molecule has 1 aromatic rings. The Morgan fingerprint density at radius 2 is 1.92 bits per heavy atom. The molecule has 2 aliphatic rings. The molecule has 2 N–H and O–H groups in total. The predicted octanol–water partition coefficient (Wildman–Crippen LogP) is 3.40. The summed E-state index contributed by atoms with van der Waals surface area (Å²) in [5.41, 5.74) is 8.92. The van der Waals surface area contributed by atoms with Gasteiger partial charge in [-0.25, -0.2) is 4.99 Å². The number of halogens is 1. The van der Waals surface area contributed by atoms with Crippen molar-refractivity contribution in [1.29, 1.82) is 0 Å². The summed E-state index contributed by atoms with van der Waals surface area (Å²) in [5.74, 6) is 3.83. The molecule has 2 heterocycles. The molecule has 0 amide bonds. The second-order valence-electron chi connectivity index (χ2n) is 7.03. The number of benzene rings is 1. The van der Waals surface area contributed by atoms with E-state index < -0.39 is 0 Å². The molecule has 0 aromatic heterocycles. The monoisotopic (exact) mass is 474 g/mol. The Bertz CT molecular complexity index is 560. The van der Waals surface area contributed by atoms with Gasteiger partial charge >= 0.3 is 0 Å². The molecule has 1 unspecified atom stereocenters. The van der Waals surface area contributed by atoms with Crippen LogP contribution < -0.4 is 5.73 Å². The highest BCUT2D eigenvalue weighted by Crippen LogP contribution is 2.20. The molecule has 6 heteroatoms. The number of hydrogen-bond acceptors (Lipinski definition) is 3. The molecule has 0 spiro atoms. The van der Waals surface area contributed by atoms with E-state index >= 15 is 0 Å². The minimum atomic E-state index is 0. The Labute approximate surface area is 173 Å². The lowest BCUT2D eigenvalue weighted by atomic mass is 9.99. The molecular weight excluding hydrogens is 443 g/mol. The summed E-state index contributed by atoms with van der Waals surface area (Å²) >= 11 is 1.99. The summed E-state index contributed by atoms with van der Waals surface area (Å²) in [6.07, 6.45) is 2.69. The first-order valence-electron chi connectivity index (χ1n) is 9.14. The summed E-state index contributed by atoms with van der Waals surface area (Å²) in [6, 6.07) is 8.70. The Hall–Kier alpha value is -0.470. The molecule has 25 heavy (non-hydrogen) atoms. The first-order valence-corrected chi connectivity index (χ1v) is 10.3. The summed E-state index contributed by atoms with van der Waals surface area (Å²) in [7, 11) is 0. The van der Waals surface area contributed by atoms with Gasteiger partial charge in [-0.3, -0.25) is 4.90 Å². The number of nitrogens with zero attached hydrogens (tertiary/aromatic N) is 3. The van der Waals surface area contributed by atoms with E-state index in [1.165, 1.54) is 37.1 Å². The fourth-order valence-corrected chi connectivity index (χ4v) is 4.50. The summed E-state index contributed by atoms with van der Waals surface area (Å²) in [5, 5.41) is 0. The summed E-state index contributed by atoms with van der Waals surface area (Å²) in [6.45, 7) is 8.56. The van der Waals surface area contributed by atoms with Crippen LogP contribution in [0.1, 0.15) is 30.9 Å². The van der Waals surface area contributed by atoms with Crippen molar-refractivity contribution in [2.75, 3.05) is 37.7 Å². The maximum atomic E-state index is 6.21. The lowest BCUT2D eigenvalue weighted by Gasteiger charge is -2.31. The van der Waals surface area contributed by atoms with Gasteiger partial charge in [-0.05, 0) is 36.4 Å². The van der Waals surface area contributed by atoms with E-state index in [4.69, 9.17) is 5.73 Å². The average molecular weight is 474 g/mol. The summed E-state index contributed by atoms with van der Waals surface area (Å²) < 4.78 is 0. The third-order valence-corrected chi connectivity index (χ3v) is 5.94. The van der Waals surface area contributed by atoms with Crippen LogP contribution in [-0.2, 0) is 13.1 Å². The number of aliphatic imine (C=N–C) groups is 1. The number of hydrogen-bond donors (Lipinski definition) is 1. The second-order valence-corrected chi connectivity index (χ2v) is 8.25. The Morgan fingerprint density at radius 3 is 2.64 bits per heavy atom. The molecule has 0 aliphatic carbocycles. The van der Waals surface area contributed by atoms with Gasteiger partial charge in [-0.2, -0.15) is 11.8 Å². The molecule has 3 rings (SSSR count). The van der Waals surface area contributed by atoms with Gasteiger partial charge in [0.15, 0.2) is 5.96 Å². The van der Waals surface area contributed by atoms with E-state index in [0.29, 0.717) is 12.5 Å². The van der Waals surface area contributed by atoms with E-state index in [-0.39, 0.29) is 24.0 Å². The van der Waals surface area contributed by atoms with E-state index in [0.717, 1.165) is 37.1 Å². The van der Waals surface area contributed by atoms with Crippen LogP contribution in [0.3, 0.4) is 0 Å². The second kappa shape index (κ2) is 10.6. The van der Waals surface area contributed by atoms with Gasteiger partial charge in [-0.15, -0.1) is 24.0 Å². The van der Waals surface area contributed by atoms with Gasteiger partial charge in [0, 0.05) is 37.7 Å². The van der Waals surface area contributed by atoms with Crippen molar-refractivity contribution in [2.45, 2.75) is 32.9 Å². The van der Waals surface area contributed by atoms with Crippen LogP contribution in [0.15, 0.2) is 29.3 Å². The fourth-order valence-electron chi connectivity index (χ4n) is 3.60. The number of thioether (sulfide) groups is 1. The van der Waals surface area contributed by atoms with Crippen molar-refractivity contribution in [3.05, 3.63) is 35.4 Å². The van der Waals surface area contributed by atoms with Crippen LogP contribution in [0.5, 0.6) is 0 Å². The van der Waals surface area contributed by atoms with Gasteiger partial charge in [0.2, 0.25) is 0 Å². The van der Waals surface area contributed by atoms with Crippen LogP contribution in [0.25, 0.3) is 0 Å². The van der Waals surface area contributed by atoms with Gasteiger partial charge in [0.1, 0.15) is 0 Å². The number of likely N-dealkylation sites (tertiary alicyclic amines) is 1. The van der Waals surface area contributed by atoms with E-state index in [2.05, 4.69) is 46.0 Å². The van der Waals surface area contributed by atoms with Crippen LogP contribution in [0.4, 0.5) is 0 Å². The van der Waals surface area contributed by atoms with Crippen LogP contribution in [0, 0.1) is 5.92 Å². The third-order valence-electron chi connectivity index (χ3n) is 5.00. The first-order chi connectivity index (χ1) is 11.7. The quantitative estimate of drug-likeness (QED) is 0.413. The van der Waals surface area contributed by atoms with E-state index in [1.54, 1.807) is 0 Å². The minimum absolute atomic E-state index is 0. The molecular formula is C19H31IN4S. The molecule has 2 aliphatic heterocycles. The van der Waals surface area contributed by atoms with Crippen molar-refractivity contribution in [2.24, 2.45) is 16.6 Å². The highest BCUT2D eigenvalue weighted by Gasteiger charge is 2.17. The van der Waals surface area contributed by atoms with Crippen LogP contribution in [0.2, 0.25) is 0 Å². The van der Waals surface area contributed by atoms with Gasteiger partial charge in [0.05, 0.1) is 6.54 Å². The SMILES string of the molecule is CC1CCCN(Cc2ccccc2CN=C(N)N2CCSCC2)C1.I. The summed E-state index contributed by atoms with van der Waals surface area (Å²) in [4.78, 5) is 9.48. The lowest BCUT2D eigenvalue weighted by molar-refractivity contribution is 0.176. The highest BCUT2D eigenvalue weighted by molar-refractivity contribution is 14.0. The fraction of sp³-hybridized carbons (Fsp3) is 0.632. The molecule has 140 valence electrons. The Balaban J connectivity index is 0.00000225. The predicted molar refractivity (Wildman–Crippen MR) is 120 cm³/mol. The first kappa shape index (κ1) is 20.8. The van der Waals surface area contributed by atoms with Crippen molar-refractivity contribution in [3.63, 3.8) is 0 Å². The smallest absolute Gasteiger partial charge is 0.191 e. The van der Waals surface area contributed by atoms with Crippen molar-refractivity contribution >= 4 is 41.7 Å². The van der Waals surface area contributed by atoms with Crippen molar-refractivity contribution in [1.82, 2.24) is 9.80 Å². The van der Waals surface area contributed by atoms with Crippen molar-refractivity contribution in [3.8, 4) is 0 Å². The Kier molecular flexibility index (Phi) is 8.85. The molecule has 0 bridgehead atoms. The zero-order valence-corrected chi connectivity index (χ0v) is 18.3. The molecule has 1 aromatic carbocycles. The largest absolute Gasteiger partial charge is 0.370 e. The standard InChI is InChI=1S/C19H30N4S.HI/c1-16-5-4-8-22(14-16)15-18-7-3-2-6-17(18)13-21-19(20)23-9-11-24-12-10-23;/h2-3,6-7,16H,4-5,8-15H2,1H3,(H2,20,21);1H. The maximum absolute atomic E-state index is 6.21. The lowest BCUT2D eigenvalue weighted by Crippen LogP contribution is -2.42. The zero-order valence-electron chi connectivity index (χ0n) is 15.2. The van der Waals surface area contributed by atoms with Crippen molar-refractivity contribution < 1.29 is 0 Å². The number of nitrogens with two attached hydrogens (primary N) is 1. The van der Waals surface area contributed by atoms with Gasteiger partial charge in [-0.1, -0.05) is 31.2 Å². The normalized spacial score (nSPS) is 22.5. The molecule has 1 atom stereocenters. The molecule has 0 radical (unpaired) electrons. The minimum Gasteiger partial charge on any atom is -0.370 e. The highest BCUT2D eigenvalue weighted by atomic mass is 127. The number of rotatable bonds is 4. The van der Waals surface area contributed by atoms with E-state index in [9.17, 15) is 0 Å². The van der Waals surface area contributed by atoms with Gasteiger partial charge < -0.3 is 10.6 Å². The zero-order chi connectivity index (χ0) is 16.8. The number of piperidine rings is 1. The van der Waals surface area contributed by atoms with Gasteiger partial charge in [0.25, 0.3) is 0 Å². The molecule has 2 saturated heterocycles. The van der Waals surface area contributed by atoms with Crippen LogP contribution >= 0.6 is 35.7 Å². The Morgan fingerprint density at radius 1 is 1.20 bits per heavy atom. The van der Waals surface area contributed by atoms with Crippen LogP contribution in [-0.4, -0.2) is 53.4 Å². The maximum Gasteiger partial charge on any atom is 0.191 e. The van der Waals surface area contributed by atoms with E-state index in [1.807, 2.05) is 11.8 Å². The molecule has 0 saturated carbocycles. The third kappa shape index (κ3) is 6.32.